The Morgan fingerprint density at radius 1 is 0.692 bits per heavy atom. The number of nitrogens with one attached hydrogen (secondary N) is 2. The summed E-state index contributed by atoms with van der Waals surface area (Å²) in [6, 6.07) is 14.3. The van der Waals surface area contributed by atoms with Gasteiger partial charge in [-0.05, 0) is 92.6 Å². The van der Waals surface area contributed by atoms with Crippen LogP contribution in [0.3, 0.4) is 0 Å². The molecule has 5 rings (SSSR count). The summed E-state index contributed by atoms with van der Waals surface area (Å²) in [6.07, 6.45) is 6.00. The van der Waals surface area contributed by atoms with Crippen LogP contribution in [0, 0.1) is 0 Å². The fourth-order valence-electron chi connectivity index (χ4n) is 3.02. The van der Waals surface area contributed by atoms with Crippen molar-refractivity contribution in [2.24, 2.45) is 0 Å². The second-order valence-corrected chi connectivity index (χ2v) is 7.85. The lowest BCUT2D eigenvalue weighted by atomic mass is 10.3. The molecule has 0 spiro atoms. The van der Waals surface area contributed by atoms with Gasteiger partial charge < -0.3 is 9.97 Å². The molecular weight excluding hydrogens is 456 g/mol. The lowest BCUT2D eigenvalue weighted by molar-refractivity contribution is 1.27. The molecule has 0 fully saturated rings. The van der Waals surface area contributed by atoms with Crippen molar-refractivity contribution in [1.82, 2.24) is 19.9 Å². The van der Waals surface area contributed by atoms with Crippen molar-refractivity contribution in [1.29, 1.82) is 0 Å². The van der Waals surface area contributed by atoms with Crippen molar-refractivity contribution in [3.63, 3.8) is 0 Å². The predicted molar refractivity (Wildman–Crippen MR) is 114 cm³/mol. The molecule has 3 aromatic rings. The van der Waals surface area contributed by atoms with Gasteiger partial charge in [0.15, 0.2) is 0 Å². The maximum atomic E-state index is 4.68. The topological polar surface area (TPSA) is 57.4 Å². The first kappa shape index (κ1) is 15.8. The number of aromatic nitrogens is 4. The Bertz CT molecular complexity index is 1260. The third kappa shape index (κ3) is 2.95. The zero-order valence-electron chi connectivity index (χ0n) is 13.4. The summed E-state index contributed by atoms with van der Waals surface area (Å²) < 4.78 is 1.97. The van der Waals surface area contributed by atoms with Gasteiger partial charge in [-0.15, -0.1) is 0 Å². The number of hydrogen-bond donors (Lipinski definition) is 2. The second-order valence-electron chi connectivity index (χ2n) is 6.14. The van der Waals surface area contributed by atoms with Crippen molar-refractivity contribution in [3.8, 4) is 0 Å². The molecule has 3 aromatic heterocycles. The molecule has 0 radical (unpaired) electrons. The average Bonchev–Trinajstić information content (AvgIpc) is 3.34. The van der Waals surface area contributed by atoms with Crippen LogP contribution < -0.4 is 0 Å². The van der Waals surface area contributed by atoms with Crippen molar-refractivity contribution < 1.29 is 0 Å². The molecule has 0 unspecified atom stereocenters. The Morgan fingerprint density at radius 2 is 1.46 bits per heavy atom. The molecule has 0 atom stereocenters. The first-order valence-corrected chi connectivity index (χ1v) is 9.64. The van der Waals surface area contributed by atoms with Gasteiger partial charge in [-0.1, -0.05) is 0 Å². The number of halogens is 2. The van der Waals surface area contributed by atoms with Gasteiger partial charge in [0.2, 0.25) is 0 Å². The highest BCUT2D eigenvalue weighted by Crippen LogP contribution is 2.28. The summed E-state index contributed by atoms with van der Waals surface area (Å²) in [5, 5.41) is 0. The van der Waals surface area contributed by atoms with Crippen LogP contribution in [0.25, 0.3) is 44.8 Å². The fraction of sp³-hybridized carbons (Fsp3) is 0. The maximum absolute atomic E-state index is 4.68. The van der Waals surface area contributed by atoms with Crippen LogP contribution in [-0.2, 0) is 0 Å². The van der Waals surface area contributed by atoms with Gasteiger partial charge in [0, 0.05) is 25.5 Å². The standard InChI is InChI=1S/C20H12Br2N4/c21-17-7-15-5-11-1-3-13(23-11)9-19-18(22)8-16(26-19)6-12-2-4-14(24-12)10-20(17)25-15/h1-10,23,25H. The highest BCUT2D eigenvalue weighted by molar-refractivity contribution is 9.15. The first-order valence-electron chi connectivity index (χ1n) is 8.06. The van der Waals surface area contributed by atoms with Gasteiger partial charge in [-0.2, -0.15) is 0 Å². The van der Waals surface area contributed by atoms with E-state index < -0.39 is 0 Å². The van der Waals surface area contributed by atoms with Gasteiger partial charge in [-0.3, -0.25) is 0 Å². The van der Waals surface area contributed by atoms with Crippen molar-refractivity contribution in [2.45, 2.75) is 0 Å². The average molecular weight is 468 g/mol. The second kappa shape index (κ2) is 6.07. The molecule has 2 aliphatic heterocycles. The summed E-state index contributed by atoms with van der Waals surface area (Å²) in [6.45, 7) is 0. The minimum atomic E-state index is 0.876. The minimum absolute atomic E-state index is 0.876. The summed E-state index contributed by atoms with van der Waals surface area (Å²) in [5.41, 5.74) is 7.57. The number of nitrogens with zero attached hydrogens (tertiary/aromatic N) is 2. The summed E-state index contributed by atoms with van der Waals surface area (Å²) in [5.74, 6) is 0. The summed E-state index contributed by atoms with van der Waals surface area (Å²) >= 11 is 7.21. The van der Waals surface area contributed by atoms with Crippen LogP contribution in [0.15, 0.2) is 46.9 Å². The third-order valence-electron chi connectivity index (χ3n) is 4.19. The van der Waals surface area contributed by atoms with E-state index in [-0.39, 0.29) is 0 Å². The van der Waals surface area contributed by atoms with Crippen LogP contribution in [0.4, 0.5) is 0 Å². The molecule has 0 amide bonds. The molecule has 5 heterocycles. The number of hydrogen-bond acceptors (Lipinski definition) is 2. The molecule has 6 heteroatoms. The van der Waals surface area contributed by atoms with E-state index in [1.807, 2.05) is 42.5 Å². The van der Waals surface area contributed by atoms with Crippen LogP contribution in [0.5, 0.6) is 0 Å². The Kier molecular flexibility index (Phi) is 3.69. The molecule has 26 heavy (non-hydrogen) atoms. The quantitative estimate of drug-likeness (QED) is 0.326. The molecular formula is C20H12Br2N4. The van der Waals surface area contributed by atoms with E-state index in [0.717, 1.165) is 53.8 Å². The normalized spacial score (nSPS) is 13.1. The lowest BCUT2D eigenvalue weighted by Gasteiger charge is -1.87. The molecule has 0 aromatic carbocycles. The molecule has 4 nitrogen and oxygen atoms in total. The molecule has 126 valence electrons. The minimum Gasteiger partial charge on any atom is -0.355 e. The van der Waals surface area contributed by atoms with Gasteiger partial charge in [0.25, 0.3) is 0 Å². The summed E-state index contributed by atoms with van der Waals surface area (Å²) in [7, 11) is 0. The van der Waals surface area contributed by atoms with E-state index in [1.54, 1.807) is 0 Å². The van der Waals surface area contributed by atoms with Crippen LogP contribution >= 0.6 is 31.9 Å². The monoisotopic (exact) mass is 466 g/mol. The van der Waals surface area contributed by atoms with E-state index >= 15 is 0 Å². The van der Waals surface area contributed by atoms with E-state index in [9.17, 15) is 0 Å². The molecule has 2 N–H and O–H groups in total. The molecule has 8 bridgehead atoms. The Hall–Kier alpha value is -2.44. The predicted octanol–water partition coefficient (Wildman–Crippen LogP) is 6.14. The van der Waals surface area contributed by atoms with E-state index in [4.69, 9.17) is 0 Å². The maximum Gasteiger partial charge on any atom is 0.0800 e. The smallest absolute Gasteiger partial charge is 0.0800 e. The van der Waals surface area contributed by atoms with E-state index in [0.29, 0.717) is 0 Å². The molecule has 0 saturated heterocycles. The Labute approximate surface area is 166 Å². The zero-order chi connectivity index (χ0) is 17.7. The lowest BCUT2D eigenvalue weighted by Crippen LogP contribution is -1.77. The SMILES string of the molecule is BrC1=Cc2cc3nc(cc4[nH]c(cc4Br)cc4ccc(cc1n2)[nH]4)C=C3. The van der Waals surface area contributed by atoms with Crippen LogP contribution in [0.1, 0.15) is 22.8 Å². The fourth-order valence-corrected chi connectivity index (χ4v) is 3.92. The Balaban J connectivity index is 1.88. The zero-order valence-corrected chi connectivity index (χ0v) is 16.6. The van der Waals surface area contributed by atoms with Gasteiger partial charge in [-0.25, -0.2) is 9.97 Å². The number of fused-ring (bicyclic) bond motifs is 8. The van der Waals surface area contributed by atoms with Crippen molar-refractivity contribution in [2.75, 3.05) is 0 Å². The van der Waals surface area contributed by atoms with Crippen LogP contribution in [0.2, 0.25) is 0 Å². The number of aromatic amines is 2. The van der Waals surface area contributed by atoms with Crippen molar-refractivity contribution in [3.05, 3.63) is 69.7 Å². The van der Waals surface area contributed by atoms with Crippen LogP contribution in [-0.4, -0.2) is 19.9 Å². The highest BCUT2D eigenvalue weighted by Gasteiger charge is 2.08. The highest BCUT2D eigenvalue weighted by atomic mass is 79.9. The summed E-state index contributed by atoms with van der Waals surface area (Å²) in [4.78, 5) is 16.1. The van der Waals surface area contributed by atoms with E-state index in [1.165, 1.54) is 0 Å². The van der Waals surface area contributed by atoms with Gasteiger partial charge in [0.1, 0.15) is 0 Å². The van der Waals surface area contributed by atoms with Gasteiger partial charge in [0.05, 0.1) is 28.3 Å². The number of rotatable bonds is 0. The largest absolute Gasteiger partial charge is 0.355 e. The number of H-pyrrole nitrogens is 2. The Morgan fingerprint density at radius 3 is 2.31 bits per heavy atom. The molecule has 2 aliphatic rings. The molecule has 0 aliphatic carbocycles. The van der Waals surface area contributed by atoms with Crippen molar-refractivity contribution >= 4 is 76.6 Å². The third-order valence-corrected chi connectivity index (χ3v) is 5.48. The first-order chi connectivity index (χ1) is 12.6. The van der Waals surface area contributed by atoms with Gasteiger partial charge >= 0.3 is 0 Å². The van der Waals surface area contributed by atoms with E-state index in [2.05, 4.69) is 70.0 Å². The molecule has 0 saturated carbocycles.